The third kappa shape index (κ3) is 6.28. The molecule has 0 unspecified atom stereocenters. The highest BCUT2D eigenvalue weighted by Gasteiger charge is 2.45. The number of hydrogen-bond donors (Lipinski definition) is 2. The van der Waals surface area contributed by atoms with Gasteiger partial charge in [0.1, 0.15) is 5.75 Å². The number of ether oxygens (including phenoxy) is 3. The number of rotatable bonds is 8. The molecule has 2 aromatic rings. The van der Waals surface area contributed by atoms with Gasteiger partial charge in [-0.1, -0.05) is 17.7 Å². The maximum absolute atomic E-state index is 11.9. The van der Waals surface area contributed by atoms with Crippen LogP contribution >= 0.6 is 11.6 Å². The van der Waals surface area contributed by atoms with Crippen molar-refractivity contribution < 1.29 is 32.5 Å². The number of anilines is 1. The van der Waals surface area contributed by atoms with Crippen LogP contribution < -0.4 is 14.8 Å². The van der Waals surface area contributed by atoms with Crippen molar-refractivity contribution in [2.45, 2.75) is 62.6 Å². The molecule has 2 fully saturated rings. The number of carboxylic acid groups (broad SMARTS) is 1. The third-order valence-corrected chi connectivity index (χ3v) is 10.7. The zero-order valence-corrected chi connectivity index (χ0v) is 25.2. The molecule has 11 heteroatoms. The number of sulfonamides is 1. The lowest BCUT2D eigenvalue weighted by Crippen LogP contribution is -2.50. The first-order valence-corrected chi connectivity index (χ1v) is 17.0. The van der Waals surface area contributed by atoms with Crippen molar-refractivity contribution in [3.8, 4) is 5.75 Å². The molecule has 3 N–H and O–H groups in total. The number of halogens is 1. The van der Waals surface area contributed by atoms with E-state index in [1.807, 2.05) is 6.07 Å². The van der Waals surface area contributed by atoms with Gasteiger partial charge in [0.05, 0.1) is 42.4 Å². The van der Waals surface area contributed by atoms with Crippen LogP contribution in [0.4, 0.5) is 5.69 Å². The summed E-state index contributed by atoms with van der Waals surface area (Å²) >= 11 is 6.38. The number of carboxylic acids is 1. The average Bonchev–Trinajstić information content (AvgIpc) is 3.07. The molecule has 0 radical (unpaired) electrons. The normalized spacial score (nSPS) is 29.1. The zero-order valence-electron chi connectivity index (χ0n) is 23.7. The number of aryl methyl sites for hydroxylation is 1. The fraction of sp³-hybridized carbons (Fsp3) is 0.581. The van der Waals surface area contributed by atoms with E-state index in [9.17, 15) is 18.3 Å². The first kappa shape index (κ1) is 29.7. The standard InChI is InChI=1S/C31H39ClN2O7S/c32-23-5-7-26-20(14-23)2-1-10-31(26)18-34(27-15-21(30(35)36)4-8-28(27)41-19-31)17-22-3-6-25(22)29-16-24(9-11-40-29)39-12-13-42(33,37)38/h4-5,7-8,14-15,22,24-25,29H,1-3,6,9-13,16-19H2,(H,35,36)(H2,33,37,38)/t22-,24-,25+,29+,31-/m0/s1. The van der Waals surface area contributed by atoms with Gasteiger partial charge in [0, 0.05) is 36.6 Å². The van der Waals surface area contributed by atoms with Gasteiger partial charge in [-0.25, -0.2) is 18.4 Å². The van der Waals surface area contributed by atoms with E-state index >= 15 is 0 Å². The fourth-order valence-electron chi connectivity index (χ4n) is 7.42. The maximum Gasteiger partial charge on any atom is 0.335 e. The minimum absolute atomic E-state index is 0.0385. The molecule has 2 aromatic carbocycles. The monoisotopic (exact) mass is 618 g/mol. The Morgan fingerprint density at radius 3 is 2.81 bits per heavy atom. The van der Waals surface area contributed by atoms with Gasteiger partial charge in [0.25, 0.3) is 0 Å². The molecule has 42 heavy (non-hydrogen) atoms. The highest BCUT2D eigenvalue weighted by Crippen LogP contribution is 2.47. The van der Waals surface area contributed by atoms with E-state index in [4.69, 9.17) is 31.0 Å². The van der Waals surface area contributed by atoms with E-state index in [1.54, 1.807) is 18.2 Å². The maximum atomic E-state index is 11.9. The minimum atomic E-state index is -3.56. The SMILES string of the molecule is NS(=O)(=O)CCO[C@H]1CCO[C@@H]([C@@H]2CC[C@H]2CN2C[C@@]3(CCCc4cc(Cl)ccc43)COc3ccc(C(=O)O)cc32)C1. The van der Waals surface area contributed by atoms with Gasteiger partial charge in [-0.3, -0.25) is 0 Å². The summed E-state index contributed by atoms with van der Waals surface area (Å²) in [6.07, 6.45) is 6.57. The van der Waals surface area contributed by atoms with E-state index in [0.717, 1.165) is 68.7 Å². The van der Waals surface area contributed by atoms with Crippen LogP contribution in [-0.4, -0.2) is 70.4 Å². The summed E-state index contributed by atoms with van der Waals surface area (Å²) in [4.78, 5) is 14.3. The summed E-state index contributed by atoms with van der Waals surface area (Å²) in [5, 5.41) is 15.7. The number of aromatic carboxylic acids is 1. The molecule has 1 spiro atoms. The predicted molar refractivity (Wildman–Crippen MR) is 160 cm³/mol. The number of benzene rings is 2. The van der Waals surface area contributed by atoms with Gasteiger partial charge in [0.15, 0.2) is 0 Å². The van der Waals surface area contributed by atoms with E-state index in [1.165, 1.54) is 11.1 Å². The molecule has 0 amide bonds. The van der Waals surface area contributed by atoms with Gasteiger partial charge >= 0.3 is 5.97 Å². The Morgan fingerprint density at radius 1 is 1.19 bits per heavy atom. The topological polar surface area (TPSA) is 128 Å². The molecule has 0 bridgehead atoms. The predicted octanol–water partition coefficient (Wildman–Crippen LogP) is 4.39. The van der Waals surface area contributed by atoms with Crippen molar-refractivity contribution in [1.82, 2.24) is 0 Å². The number of nitrogens with two attached hydrogens (primary N) is 1. The second kappa shape index (κ2) is 12.0. The smallest absolute Gasteiger partial charge is 0.335 e. The molecule has 9 nitrogen and oxygen atoms in total. The highest BCUT2D eigenvalue weighted by atomic mass is 35.5. The largest absolute Gasteiger partial charge is 0.490 e. The summed E-state index contributed by atoms with van der Waals surface area (Å²) in [6, 6.07) is 11.3. The van der Waals surface area contributed by atoms with Gasteiger partial charge in [-0.05, 0) is 91.8 Å². The van der Waals surface area contributed by atoms with E-state index in [2.05, 4.69) is 17.0 Å². The van der Waals surface area contributed by atoms with Gasteiger partial charge in [-0.2, -0.15) is 0 Å². The number of fused-ring (bicyclic) bond motifs is 3. The fourth-order valence-corrected chi connectivity index (χ4v) is 7.94. The van der Waals surface area contributed by atoms with Crippen molar-refractivity contribution >= 4 is 33.3 Å². The summed E-state index contributed by atoms with van der Waals surface area (Å²) in [5.41, 5.74) is 3.38. The summed E-state index contributed by atoms with van der Waals surface area (Å²) in [7, 11) is -3.56. The number of primary sulfonamides is 1. The number of hydrogen-bond acceptors (Lipinski definition) is 7. The molecule has 6 rings (SSSR count). The molecule has 2 aliphatic heterocycles. The Balaban J connectivity index is 1.24. The Hall–Kier alpha value is -2.37. The first-order valence-electron chi connectivity index (χ1n) is 14.9. The highest BCUT2D eigenvalue weighted by molar-refractivity contribution is 7.89. The Morgan fingerprint density at radius 2 is 2.05 bits per heavy atom. The van der Waals surface area contributed by atoms with Crippen LogP contribution in [0.2, 0.25) is 5.02 Å². The Bertz CT molecular complexity index is 1440. The van der Waals surface area contributed by atoms with E-state index in [0.29, 0.717) is 30.8 Å². The molecular weight excluding hydrogens is 580 g/mol. The Kier molecular flexibility index (Phi) is 8.45. The lowest BCUT2D eigenvalue weighted by Gasteiger charge is -2.47. The summed E-state index contributed by atoms with van der Waals surface area (Å²) < 4.78 is 41.2. The van der Waals surface area contributed by atoms with Crippen LogP contribution in [0.3, 0.4) is 0 Å². The first-order chi connectivity index (χ1) is 20.1. The zero-order chi connectivity index (χ0) is 29.5. The van der Waals surface area contributed by atoms with Crippen LogP contribution in [0.25, 0.3) is 0 Å². The van der Waals surface area contributed by atoms with Crippen LogP contribution in [0, 0.1) is 11.8 Å². The average molecular weight is 619 g/mol. The van der Waals surface area contributed by atoms with Gasteiger partial charge in [-0.15, -0.1) is 0 Å². The van der Waals surface area contributed by atoms with Gasteiger partial charge < -0.3 is 24.2 Å². The third-order valence-electron chi connectivity index (χ3n) is 9.68. The molecule has 4 aliphatic rings. The van der Waals surface area contributed by atoms with E-state index in [-0.39, 0.29) is 35.5 Å². The van der Waals surface area contributed by atoms with Crippen LogP contribution in [0.1, 0.15) is 60.0 Å². The molecular formula is C31H39ClN2O7S. The van der Waals surface area contributed by atoms with Crippen molar-refractivity contribution in [3.63, 3.8) is 0 Å². The lowest BCUT2D eigenvalue weighted by atomic mass is 9.67. The van der Waals surface area contributed by atoms with Crippen LogP contribution in [-0.2, 0) is 31.3 Å². The molecule has 0 aromatic heterocycles. The number of nitrogens with zero attached hydrogens (tertiary/aromatic N) is 1. The number of carbonyl (C=O) groups is 1. The quantitative estimate of drug-likeness (QED) is 0.446. The second-order valence-electron chi connectivity index (χ2n) is 12.4. The minimum Gasteiger partial charge on any atom is -0.490 e. The second-order valence-corrected chi connectivity index (χ2v) is 14.6. The summed E-state index contributed by atoms with van der Waals surface area (Å²) in [6.45, 7) is 2.69. The molecule has 5 atom stereocenters. The van der Waals surface area contributed by atoms with Crippen LogP contribution in [0.15, 0.2) is 36.4 Å². The molecule has 2 aliphatic carbocycles. The Labute approximate surface area is 252 Å². The molecule has 1 saturated carbocycles. The van der Waals surface area contributed by atoms with Gasteiger partial charge in [0.2, 0.25) is 10.0 Å². The molecule has 1 saturated heterocycles. The van der Waals surface area contributed by atoms with Crippen molar-refractivity contribution in [1.29, 1.82) is 0 Å². The summed E-state index contributed by atoms with van der Waals surface area (Å²) in [5.74, 6) is 0.278. The van der Waals surface area contributed by atoms with Crippen molar-refractivity contribution in [2.75, 3.05) is 43.6 Å². The van der Waals surface area contributed by atoms with E-state index < -0.39 is 16.0 Å². The van der Waals surface area contributed by atoms with Crippen molar-refractivity contribution in [2.24, 2.45) is 17.0 Å². The lowest BCUT2D eigenvalue weighted by molar-refractivity contribution is -0.115. The van der Waals surface area contributed by atoms with Crippen LogP contribution in [0.5, 0.6) is 5.75 Å². The molecule has 228 valence electrons. The van der Waals surface area contributed by atoms with Crippen molar-refractivity contribution in [3.05, 3.63) is 58.1 Å². The molecule has 2 heterocycles.